The van der Waals surface area contributed by atoms with Crippen LogP contribution in [-0.4, -0.2) is 115 Å². The molecule has 1 atom stereocenters. The molecule has 3 aliphatic rings. The molecule has 5 amide bonds. The Morgan fingerprint density at radius 2 is 1.53 bits per heavy atom. The fourth-order valence-corrected chi connectivity index (χ4v) is 11.2. The summed E-state index contributed by atoms with van der Waals surface area (Å²) in [5.74, 6) is -0.784. The number of aromatic nitrogens is 2. The molecule has 1 aromatic heterocycles. The van der Waals surface area contributed by atoms with Gasteiger partial charge in [0.05, 0.1) is 21.8 Å². The minimum Gasteiger partial charge on any atom is -0.483 e. The molecule has 4 aromatic rings. The second-order valence-electron chi connectivity index (χ2n) is 20.4. The van der Waals surface area contributed by atoms with Gasteiger partial charge >= 0.3 is 0 Å². The third-order valence-electron chi connectivity index (χ3n) is 13.1. The van der Waals surface area contributed by atoms with Crippen molar-refractivity contribution in [2.75, 3.05) is 60.6 Å². The number of carbonyl (C=O) groups excluding carboxylic acids is 6. The predicted molar refractivity (Wildman–Crippen MR) is 283 cm³/mol. The van der Waals surface area contributed by atoms with Crippen molar-refractivity contribution in [3.8, 4) is 5.75 Å². The van der Waals surface area contributed by atoms with Crippen LogP contribution in [0, 0.1) is 12.3 Å². The lowest BCUT2D eigenvalue weighted by atomic mass is 10.0. The van der Waals surface area contributed by atoms with Crippen molar-refractivity contribution in [3.05, 3.63) is 102 Å². The maximum Gasteiger partial charge on any atom is 0.266 e. The molecule has 0 bridgehead atoms. The van der Waals surface area contributed by atoms with Crippen LogP contribution in [0.4, 0.5) is 28.8 Å². The number of carbonyl (C=O) groups is 6. The maximum atomic E-state index is 13.3. The minimum atomic E-state index is -3.47. The average molecular weight is 1030 g/mol. The lowest BCUT2D eigenvalue weighted by molar-refractivity contribution is -0.133. The molecule has 3 aliphatic heterocycles. The number of nitrogens with one attached hydrogen (secondary N) is 4. The molecule has 2 fully saturated rings. The van der Waals surface area contributed by atoms with Gasteiger partial charge in [-0.1, -0.05) is 71.6 Å². The van der Waals surface area contributed by atoms with E-state index in [1.807, 2.05) is 56.9 Å². The molecule has 4 N–H and O–H groups in total. The van der Waals surface area contributed by atoms with E-state index in [2.05, 4.69) is 42.7 Å². The van der Waals surface area contributed by atoms with Crippen molar-refractivity contribution in [1.82, 2.24) is 30.4 Å². The number of nitrogens with zero attached hydrogens (tertiary/aromatic N) is 5. The molecule has 394 valence electrons. The van der Waals surface area contributed by atoms with Crippen molar-refractivity contribution in [3.63, 3.8) is 0 Å². The largest absolute Gasteiger partial charge is 0.483 e. The fraction of sp³-hybridized carbons (Fsp3) is 0.455. The molecule has 4 heterocycles. The molecular weight excluding hydrogens is 963 g/mol. The Balaban J connectivity index is 0.717. The molecule has 0 aliphatic carbocycles. The highest BCUT2D eigenvalue weighted by atomic mass is 32.2. The van der Waals surface area contributed by atoms with Crippen LogP contribution in [0.1, 0.15) is 124 Å². The van der Waals surface area contributed by atoms with Crippen molar-refractivity contribution >= 4 is 74.0 Å². The Kier molecular flexibility index (Phi) is 18.2. The zero-order chi connectivity index (χ0) is 53.0. The number of aryl methyl sites for hydroxylation is 1. The van der Waals surface area contributed by atoms with Crippen molar-refractivity contribution < 1.29 is 41.9 Å². The minimum absolute atomic E-state index is 0.00603. The van der Waals surface area contributed by atoms with E-state index in [0.717, 1.165) is 66.8 Å². The summed E-state index contributed by atoms with van der Waals surface area (Å²) in [6, 6.07) is 18.4. The van der Waals surface area contributed by atoms with Gasteiger partial charge in [-0.2, -0.15) is 4.98 Å². The number of ether oxygens (including phenoxy) is 1. The van der Waals surface area contributed by atoms with Gasteiger partial charge in [-0.05, 0) is 92.6 Å². The predicted octanol–water partition coefficient (Wildman–Crippen LogP) is 7.79. The van der Waals surface area contributed by atoms with Crippen LogP contribution >= 0.6 is 0 Å². The number of hydrogen-bond acceptors (Lipinski definition) is 14. The standard InChI is InChI=1S/C55H69N9O9S/c1-37-34-57-54(61-50(37)59-40-15-13-17-43(33-40)74(71,72)36-55(3,4)5)60-39-21-23-41(24-22-39)62-29-31-63(32-30-62)48(67)27-25-42(65)16-11-9-7-6-8-10-12-28-56-47(66)35-73-46-19-14-18-44-49(46)53(70)64(52(44)69)45-26-20-38(2)58-51(45)68/h13-15,17-19,21-24,33-34,45H,2,6-12,16,20,25-32,35-36H2,1,3-5H3,(H,56,66)(H,58,68)(H2,57,59,60,61). The monoisotopic (exact) mass is 1030 g/mol. The van der Waals surface area contributed by atoms with Gasteiger partial charge in [0.2, 0.25) is 17.8 Å². The quantitative estimate of drug-likeness (QED) is 0.0388. The lowest BCUT2D eigenvalue weighted by Crippen LogP contribution is -2.51. The molecule has 1 unspecified atom stereocenters. The summed E-state index contributed by atoms with van der Waals surface area (Å²) in [6.07, 6.45) is 9.87. The molecule has 19 heteroatoms. The van der Waals surface area contributed by atoms with Gasteiger partial charge in [0, 0.05) is 86.5 Å². The first-order valence-corrected chi connectivity index (χ1v) is 27.2. The molecule has 74 heavy (non-hydrogen) atoms. The van der Waals surface area contributed by atoms with Gasteiger partial charge in [-0.3, -0.25) is 33.7 Å². The summed E-state index contributed by atoms with van der Waals surface area (Å²) >= 11 is 0. The summed E-state index contributed by atoms with van der Waals surface area (Å²) in [7, 11) is -3.47. The summed E-state index contributed by atoms with van der Waals surface area (Å²) in [6.45, 7) is 14.0. The zero-order valence-corrected chi connectivity index (χ0v) is 43.8. The number of ketones is 1. The van der Waals surface area contributed by atoms with E-state index < -0.39 is 33.6 Å². The summed E-state index contributed by atoms with van der Waals surface area (Å²) in [5, 5.41) is 12.0. The van der Waals surface area contributed by atoms with Crippen molar-refractivity contribution in [2.45, 2.75) is 116 Å². The third-order valence-corrected chi connectivity index (χ3v) is 15.4. The number of fused-ring (bicyclic) bond motifs is 1. The van der Waals surface area contributed by atoms with E-state index in [4.69, 9.17) is 4.74 Å². The number of rotatable bonds is 24. The van der Waals surface area contributed by atoms with Crippen LogP contribution in [0.5, 0.6) is 5.75 Å². The summed E-state index contributed by atoms with van der Waals surface area (Å²) in [5.41, 5.74) is 3.59. The first-order valence-electron chi connectivity index (χ1n) is 25.6. The topological polar surface area (TPSA) is 229 Å². The number of benzene rings is 3. The van der Waals surface area contributed by atoms with Crippen LogP contribution in [-0.2, 0) is 29.0 Å². The highest BCUT2D eigenvalue weighted by molar-refractivity contribution is 7.91. The van der Waals surface area contributed by atoms with E-state index in [1.165, 1.54) is 12.1 Å². The van der Waals surface area contributed by atoms with Crippen LogP contribution in [0.2, 0.25) is 0 Å². The Labute approximate surface area is 434 Å². The molecule has 0 spiro atoms. The number of unbranched alkanes of at least 4 members (excludes halogenated alkanes) is 6. The number of anilines is 5. The number of hydrogen-bond donors (Lipinski definition) is 4. The highest BCUT2D eigenvalue weighted by Crippen LogP contribution is 2.34. The molecule has 3 aromatic carbocycles. The van der Waals surface area contributed by atoms with E-state index in [-0.39, 0.29) is 76.4 Å². The number of amides is 5. The van der Waals surface area contributed by atoms with Crippen molar-refractivity contribution in [1.29, 1.82) is 0 Å². The number of imide groups is 1. The van der Waals surface area contributed by atoms with Gasteiger partial charge in [-0.15, -0.1) is 0 Å². The van der Waals surface area contributed by atoms with Gasteiger partial charge in [-0.25, -0.2) is 13.4 Å². The van der Waals surface area contributed by atoms with Crippen LogP contribution in [0.15, 0.2) is 90.1 Å². The van der Waals surface area contributed by atoms with E-state index in [9.17, 15) is 37.2 Å². The number of sulfone groups is 1. The Morgan fingerprint density at radius 3 is 2.24 bits per heavy atom. The molecule has 18 nitrogen and oxygen atoms in total. The summed E-state index contributed by atoms with van der Waals surface area (Å²) < 4.78 is 31.7. The van der Waals surface area contributed by atoms with Gasteiger partial charge in [0.25, 0.3) is 17.7 Å². The number of allylic oxidation sites excluding steroid dienone is 1. The van der Waals surface area contributed by atoms with Crippen LogP contribution < -0.4 is 30.9 Å². The molecule has 0 radical (unpaired) electrons. The van der Waals surface area contributed by atoms with Crippen LogP contribution in [0.3, 0.4) is 0 Å². The highest BCUT2D eigenvalue weighted by Gasteiger charge is 2.45. The third kappa shape index (κ3) is 14.8. The molecular formula is C55H69N9O9S. The van der Waals surface area contributed by atoms with E-state index in [0.29, 0.717) is 68.7 Å². The number of piperidine rings is 1. The maximum absolute atomic E-state index is 13.3. The molecule has 2 saturated heterocycles. The van der Waals surface area contributed by atoms with Gasteiger partial charge in [0.15, 0.2) is 16.4 Å². The summed E-state index contributed by atoms with van der Waals surface area (Å²) in [4.78, 5) is 91.6. The van der Waals surface area contributed by atoms with E-state index in [1.54, 1.807) is 36.5 Å². The zero-order valence-electron chi connectivity index (χ0n) is 43.0. The van der Waals surface area contributed by atoms with Crippen molar-refractivity contribution in [2.24, 2.45) is 5.41 Å². The van der Waals surface area contributed by atoms with Gasteiger partial charge < -0.3 is 35.8 Å². The molecule has 0 saturated carbocycles. The normalized spacial score (nSPS) is 15.9. The Bertz CT molecular complexity index is 2840. The molecule has 7 rings (SSSR count). The number of Topliss-reactive ketones (excluding diaryl/α,β-unsaturated/α-hetero) is 1. The SMILES string of the molecule is C=C1CCC(N2C(=O)c3cccc(OCC(=O)NCCCCCCCCCC(=O)CCC(=O)N4CCN(c5ccc(Nc6ncc(C)c(Nc7cccc(S(=O)(=O)CC(C)(C)C)c7)n6)cc5)CC4)c3C2=O)C(=O)N1. The number of piperazine rings is 1. The first kappa shape index (κ1) is 54.6. The lowest BCUT2D eigenvalue weighted by Gasteiger charge is -2.36. The van der Waals surface area contributed by atoms with E-state index >= 15 is 0 Å². The Morgan fingerprint density at radius 1 is 0.824 bits per heavy atom. The van der Waals surface area contributed by atoms with Crippen LogP contribution in [0.25, 0.3) is 0 Å². The Hall–Kier alpha value is -7.15. The fourth-order valence-electron chi connectivity index (χ4n) is 9.25. The second-order valence-corrected chi connectivity index (χ2v) is 22.4. The smallest absolute Gasteiger partial charge is 0.266 e. The first-order chi connectivity index (χ1) is 35.3. The van der Waals surface area contributed by atoms with Gasteiger partial charge in [0.1, 0.15) is 23.4 Å². The second kappa shape index (κ2) is 24.7. The average Bonchev–Trinajstić information content (AvgIpc) is 3.62.